The van der Waals surface area contributed by atoms with E-state index in [1.165, 1.54) is 28.0 Å². The lowest BCUT2D eigenvalue weighted by Crippen LogP contribution is -2.39. The fraction of sp³-hybridized carbons (Fsp3) is 0.242. The molecule has 46 heavy (non-hydrogen) atoms. The van der Waals surface area contributed by atoms with Gasteiger partial charge in [0, 0.05) is 12.1 Å². The van der Waals surface area contributed by atoms with Crippen LogP contribution in [0.25, 0.3) is 6.08 Å². The molecule has 3 aromatic carbocycles. The maximum absolute atomic E-state index is 14.0. The lowest BCUT2D eigenvalue weighted by molar-refractivity contribution is -0.384. The van der Waals surface area contributed by atoms with Gasteiger partial charge >= 0.3 is 5.97 Å². The number of rotatable bonds is 10. The van der Waals surface area contributed by atoms with Crippen LogP contribution in [0.1, 0.15) is 43.5 Å². The van der Waals surface area contributed by atoms with Gasteiger partial charge < -0.3 is 23.7 Å². The normalized spacial score (nSPS) is 15.3. The first kappa shape index (κ1) is 30.6. The maximum atomic E-state index is 14.0. The lowest BCUT2D eigenvalue weighted by Gasteiger charge is -2.24. The van der Waals surface area contributed by atoms with Crippen LogP contribution in [0.2, 0.25) is 0 Å². The zero-order valence-electron chi connectivity index (χ0n) is 25.2. The number of aromatic nitrogens is 1. The SMILES string of the molecule is CCOC(=O)C1=C(C)N=c2s/c(=C/c3ccc(OCc4ccc([N+](=O)[O-])cc4)c(OCC)c3)c(=O)n2C1c1ccc2c(c1)OCO2. The predicted molar refractivity (Wildman–Crippen MR) is 168 cm³/mol. The average Bonchev–Trinajstić information content (AvgIpc) is 3.63. The minimum Gasteiger partial charge on any atom is -0.490 e. The molecule has 1 aromatic heterocycles. The third-order valence-electron chi connectivity index (χ3n) is 7.34. The van der Waals surface area contributed by atoms with E-state index in [0.717, 1.165) is 5.56 Å². The van der Waals surface area contributed by atoms with Crippen LogP contribution in [0, 0.1) is 10.1 Å². The standard InChI is InChI=1S/C33H29N3O9S/c1-4-41-26-14-21(8-12-24(26)43-17-20-6-10-23(11-7-20)36(39)40)15-28-31(37)35-30(22-9-13-25-27(16-22)45-18-44-25)29(32(38)42-5-2)19(3)34-33(35)46-28/h6-16,30H,4-5,17-18H2,1-3H3/b28-15+. The van der Waals surface area contributed by atoms with Crippen molar-refractivity contribution in [3.05, 3.63) is 118 Å². The van der Waals surface area contributed by atoms with Crippen molar-refractivity contribution in [3.63, 3.8) is 0 Å². The number of nitrogens with zero attached hydrogens (tertiary/aromatic N) is 3. The number of esters is 1. The van der Waals surface area contributed by atoms with Gasteiger partial charge in [-0.2, -0.15) is 0 Å². The van der Waals surface area contributed by atoms with E-state index in [2.05, 4.69) is 4.99 Å². The van der Waals surface area contributed by atoms with Crippen molar-refractivity contribution >= 4 is 29.1 Å². The van der Waals surface area contributed by atoms with Gasteiger partial charge in [-0.25, -0.2) is 9.79 Å². The Bertz CT molecular complexity index is 2050. The summed E-state index contributed by atoms with van der Waals surface area (Å²) in [7, 11) is 0. The Kier molecular flexibility index (Phi) is 8.57. The zero-order valence-corrected chi connectivity index (χ0v) is 26.0. The summed E-state index contributed by atoms with van der Waals surface area (Å²) in [5, 5.41) is 10.9. The Morgan fingerprint density at radius 2 is 1.83 bits per heavy atom. The van der Waals surface area contributed by atoms with Crippen LogP contribution in [0.3, 0.4) is 0 Å². The van der Waals surface area contributed by atoms with E-state index >= 15 is 0 Å². The van der Waals surface area contributed by atoms with Gasteiger partial charge in [0.1, 0.15) is 6.61 Å². The Hall–Kier alpha value is -5.43. The highest BCUT2D eigenvalue weighted by molar-refractivity contribution is 7.07. The zero-order chi connectivity index (χ0) is 32.4. The number of non-ortho nitro benzene ring substituents is 1. The van der Waals surface area contributed by atoms with Crippen molar-refractivity contribution in [1.29, 1.82) is 0 Å². The molecule has 1 atom stereocenters. The van der Waals surface area contributed by atoms with Crippen LogP contribution in [0.15, 0.2) is 81.7 Å². The van der Waals surface area contributed by atoms with E-state index in [-0.39, 0.29) is 36.8 Å². The number of carbonyl (C=O) groups excluding carboxylic acids is 1. The monoisotopic (exact) mass is 643 g/mol. The molecule has 2 aliphatic rings. The molecule has 1 unspecified atom stereocenters. The molecule has 0 fully saturated rings. The molecule has 2 aliphatic heterocycles. The first-order chi connectivity index (χ1) is 22.3. The molecule has 0 radical (unpaired) electrons. The third kappa shape index (κ3) is 5.96. The minimum atomic E-state index is -0.791. The molecule has 0 aliphatic carbocycles. The Morgan fingerprint density at radius 1 is 1.04 bits per heavy atom. The quantitative estimate of drug-likeness (QED) is 0.140. The van der Waals surface area contributed by atoms with E-state index in [0.29, 0.717) is 55.8 Å². The van der Waals surface area contributed by atoms with Gasteiger partial charge in [0.15, 0.2) is 27.8 Å². The van der Waals surface area contributed by atoms with Gasteiger partial charge in [-0.05, 0) is 79.9 Å². The van der Waals surface area contributed by atoms with Crippen LogP contribution in [0.5, 0.6) is 23.0 Å². The van der Waals surface area contributed by atoms with Gasteiger partial charge in [0.25, 0.3) is 11.2 Å². The van der Waals surface area contributed by atoms with Gasteiger partial charge in [0.05, 0.1) is 40.0 Å². The molecule has 0 saturated carbocycles. The molecule has 3 heterocycles. The number of thiazole rings is 1. The maximum Gasteiger partial charge on any atom is 0.338 e. The summed E-state index contributed by atoms with van der Waals surface area (Å²) < 4.78 is 30.2. The van der Waals surface area contributed by atoms with Gasteiger partial charge in [-0.15, -0.1) is 0 Å². The second-order valence-corrected chi connectivity index (χ2v) is 11.3. The highest BCUT2D eigenvalue weighted by atomic mass is 32.1. The molecule has 6 rings (SSSR count). The van der Waals surface area contributed by atoms with E-state index in [9.17, 15) is 19.7 Å². The summed E-state index contributed by atoms with van der Waals surface area (Å²) in [6, 6.07) is 16.0. The summed E-state index contributed by atoms with van der Waals surface area (Å²) in [5.41, 5.74) is 2.52. The number of hydrogen-bond acceptors (Lipinski definition) is 11. The molecule has 0 saturated heterocycles. The van der Waals surface area contributed by atoms with E-state index in [1.54, 1.807) is 68.5 Å². The van der Waals surface area contributed by atoms with Crippen LogP contribution in [0.4, 0.5) is 5.69 Å². The third-order valence-corrected chi connectivity index (χ3v) is 8.32. The molecule has 0 N–H and O–H groups in total. The highest BCUT2D eigenvalue weighted by Gasteiger charge is 2.34. The van der Waals surface area contributed by atoms with Crippen LogP contribution < -0.4 is 33.8 Å². The molecule has 0 bridgehead atoms. The summed E-state index contributed by atoms with van der Waals surface area (Å²) in [5.74, 6) is 1.52. The largest absolute Gasteiger partial charge is 0.490 e. The highest BCUT2D eigenvalue weighted by Crippen LogP contribution is 2.38. The Labute approximate surface area is 266 Å². The van der Waals surface area contributed by atoms with Crippen LogP contribution in [-0.4, -0.2) is 35.5 Å². The number of ether oxygens (including phenoxy) is 5. The van der Waals surface area contributed by atoms with Crippen molar-refractivity contribution in [2.75, 3.05) is 20.0 Å². The minimum absolute atomic E-state index is 0.00267. The van der Waals surface area contributed by atoms with Gasteiger partial charge in [-0.1, -0.05) is 23.5 Å². The van der Waals surface area contributed by atoms with Crippen LogP contribution >= 0.6 is 11.3 Å². The molecule has 0 amide bonds. The fourth-order valence-corrected chi connectivity index (χ4v) is 6.27. The second-order valence-electron chi connectivity index (χ2n) is 10.3. The Morgan fingerprint density at radius 3 is 2.57 bits per heavy atom. The van der Waals surface area contributed by atoms with Crippen LogP contribution in [-0.2, 0) is 16.1 Å². The smallest absolute Gasteiger partial charge is 0.338 e. The molecular formula is C33H29N3O9S. The van der Waals surface area contributed by atoms with Crippen molar-refractivity contribution in [2.45, 2.75) is 33.4 Å². The number of benzene rings is 3. The second kappa shape index (κ2) is 12.9. The van der Waals surface area contributed by atoms with Gasteiger partial charge in [-0.3, -0.25) is 19.5 Å². The summed E-state index contributed by atoms with van der Waals surface area (Å²) in [6.07, 6.45) is 1.74. The molecule has 4 aromatic rings. The molecular weight excluding hydrogens is 614 g/mol. The molecule has 13 heteroatoms. The molecule has 236 valence electrons. The number of hydrogen-bond donors (Lipinski definition) is 0. The Balaban J connectivity index is 1.36. The van der Waals surface area contributed by atoms with E-state index in [4.69, 9.17) is 23.7 Å². The van der Waals surface area contributed by atoms with E-state index < -0.39 is 16.9 Å². The number of nitro benzene ring substituents is 1. The predicted octanol–water partition coefficient (Wildman–Crippen LogP) is 4.41. The number of nitro groups is 1. The molecule has 12 nitrogen and oxygen atoms in total. The van der Waals surface area contributed by atoms with Crippen molar-refractivity contribution in [3.8, 4) is 23.0 Å². The van der Waals surface area contributed by atoms with Crippen molar-refractivity contribution in [1.82, 2.24) is 4.57 Å². The number of carbonyl (C=O) groups is 1. The number of fused-ring (bicyclic) bond motifs is 2. The van der Waals surface area contributed by atoms with Gasteiger partial charge in [0.2, 0.25) is 6.79 Å². The first-order valence-electron chi connectivity index (χ1n) is 14.5. The lowest BCUT2D eigenvalue weighted by atomic mass is 9.95. The topological polar surface area (TPSA) is 141 Å². The average molecular weight is 644 g/mol. The van der Waals surface area contributed by atoms with Crippen molar-refractivity contribution in [2.24, 2.45) is 4.99 Å². The fourth-order valence-electron chi connectivity index (χ4n) is 5.22. The molecule has 0 spiro atoms. The number of allylic oxidation sites excluding steroid dienone is 1. The van der Waals surface area contributed by atoms with E-state index in [1.807, 2.05) is 6.92 Å². The van der Waals surface area contributed by atoms with Crippen molar-refractivity contribution < 1.29 is 33.4 Å². The first-order valence-corrected chi connectivity index (χ1v) is 15.3. The summed E-state index contributed by atoms with van der Waals surface area (Å²) >= 11 is 1.21. The summed E-state index contributed by atoms with van der Waals surface area (Å²) in [6.45, 7) is 6.12. The summed E-state index contributed by atoms with van der Waals surface area (Å²) in [4.78, 5) is 42.8.